The van der Waals surface area contributed by atoms with Crippen molar-refractivity contribution in [2.24, 2.45) is 0 Å². The number of benzene rings is 1. The molecule has 2 rings (SSSR count). The van der Waals surface area contributed by atoms with Crippen molar-refractivity contribution < 1.29 is 14.6 Å². The standard InChI is InChI=1S/C17H27NO3/c1-12-5-6-13(2)17(15(12)4)21-11-16(19)9-18-7-8-20-10-14(18)3/h5-6,14,16,19H,7-11H2,1-4H3. The molecule has 4 heteroatoms. The summed E-state index contributed by atoms with van der Waals surface area (Å²) < 4.78 is 11.3. The predicted octanol–water partition coefficient (Wildman–Crippen LogP) is 2.07. The molecule has 1 aromatic rings. The molecule has 0 bridgehead atoms. The van der Waals surface area contributed by atoms with Crippen LogP contribution in [0.25, 0.3) is 0 Å². The Morgan fingerprint density at radius 2 is 2.05 bits per heavy atom. The van der Waals surface area contributed by atoms with Crippen molar-refractivity contribution in [2.75, 3.05) is 32.9 Å². The molecule has 0 saturated carbocycles. The summed E-state index contributed by atoms with van der Waals surface area (Å²) in [5.41, 5.74) is 3.49. The minimum Gasteiger partial charge on any atom is -0.490 e. The fourth-order valence-electron chi connectivity index (χ4n) is 2.68. The summed E-state index contributed by atoms with van der Waals surface area (Å²) in [4.78, 5) is 2.26. The highest BCUT2D eigenvalue weighted by Gasteiger charge is 2.21. The van der Waals surface area contributed by atoms with Crippen LogP contribution in [0, 0.1) is 20.8 Å². The zero-order valence-corrected chi connectivity index (χ0v) is 13.6. The van der Waals surface area contributed by atoms with E-state index in [9.17, 15) is 5.11 Å². The van der Waals surface area contributed by atoms with Gasteiger partial charge >= 0.3 is 0 Å². The fraction of sp³-hybridized carbons (Fsp3) is 0.647. The molecule has 4 nitrogen and oxygen atoms in total. The third-order valence-electron chi connectivity index (χ3n) is 4.24. The number of hydrogen-bond acceptors (Lipinski definition) is 4. The molecule has 1 aliphatic heterocycles. The van der Waals surface area contributed by atoms with Crippen LogP contribution in [-0.4, -0.2) is 55.1 Å². The van der Waals surface area contributed by atoms with E-state index in [-0.39, 0.29) is 0 Å². The molecule has 1 heterocycles. The van der Waals surface area contributed by atoms with E-state index in [0.717, 1.165) is 36.6 Å². The van der Waals surface area contributed by atoms with Crippen LogP contribution in [0.15, 0.2) is 12.1 Å². The number of aliphatic hydroxyl groups is 1. The Bertz CT molecular complexity index is 475. The van der Waals surface area contributed by atoms with E-state index < -0.39 is 6.10 Å². The van der Waals surface area contributed by atoms with Gasteiger partial charge in [0.05, 0.1) is 13.2 Å². The number of hydrogen-bond donors (Lipinski definition) is 1. The fourth-order valence-corrected chi connectivity index (χ4v) is 2.68. The lowest BCUT2D eigenvalue weighted by Crippen LogP contribution is -2.47. The third kappa shape index (κ3) is 4.19. The van der Waals surface area contributed by atoms with E-state index in [1.165, 1.54) is 5.56 Å². The van der Waals surface area contributed by atoms with Crippen molar-refractivity contribution in [1.82, 2.24) is 4.90 Å². The SMILES string of the molecule is Cc1ccc(C)c(OCC(O)CN2CCOCC2C)c1C. The second kappa shape index (κ2) is 7.25. The first kappa shape index (κ1) is 16.3. The average molecular weight is 293 g/mol. The molecule has 1 N–H and O–H groups in total. The highest BCUT2D eigenvalue weighted by molar-refractivity contribution is 5.44. The molecule has 1 fully saturated rings. The number of nitrogens with zero attached hydrogens (tertiary/aromatic N) is 1. The maximum Gasteiger partial charge on any atom is 0.125 e. The first-order valence-electron chi connectivity index (χ1n) is 7.68. The predicted molar refractivity (Wildman–Crippen MR) is 84.0 cm³/mol. The molecule has 1 aliphatic rings. The van der Waals surface area contributed by atoms with E-state index in [2.05, 4.69) is 37.8 Å². The van der Waals surface area contributed by atoms with Gasteiger partial charge in [-0.25, -0.2) is 0 Å². The van der Waals surface area contributed by atoms with Crippen molar-refractivity contribution in [3.05, 3.63) is 28.8 Å². The molecule has 1 saturated heterocycles. The Kier molecular flexibility index (Phi) is 5.62. The molecule has 118 valence electrons. The molecular weight excluding hydrogens is 266 g/mol. The van der Waals surface area contributed by atoms with Gasteiger partial charge in [-0.1, -0.05) is 12.1 Å². The lowest BCUT2D eigenvalue weighted by Gasteiger charge is -2.34. The summed E-state index contributed by atoms with van der Waals surface area (Å²) in [6, 6.07) is 4.52. The minimum absolute atomic E-state index is 0.329. The van der Waals surface area contributed by atoms with Gasteiger partial charge in [0, 0.05) is 19.1 Å². The Hall–Kier alpha value is -1.10. The molecule has 2 unspecified atom stereocenters. The van der Waals surface area contributed by atoms with Crippen LogP contribution >= 0.6 is 0 Å². The van der Waals surface area contributed by atoms with Crippen molar-refractivity contribution >= 4 is 0 Å². The summed E-state index contributed by atoms with van der Waals surface area (Å²) in [7, 11) is 0. The topological polar surface area (TPSA) is 41.9 Å². The number of aliphatic hydroxyl groups excluding tert-OH is 1. The Balaban J connectivity index is 1.89. The van der Waals surface area contributed by atoms with Gasteiger partial charge in [0.15, 0.2) is 0 Å². The number of β-amino-alcohol motifs (C(OH)–C–C–N with tert-alkyl or cyclic N) is 1. The Labute approximate surface area is 127 Å². The number of ether oxygens (including phenoxy) is 2. The molecule has 0 aromatic heterocycles. The van der Waals surface area contributed by atoms with Gasteiger partial charge in [-0.15, -0.1) is 0 Å². The van der Waals surface area contributed by atoms with Crippen LogP contribution in [-0.2, 0) is 4.74 Å². The molecule has 0 aliphatic carbocycles. The van der Waals surface area contributed by atoms with Crippen LogP contribution in [0.1, 0.15) is 23.6 Å². The second-order valence-electron chi connectivity index (χ2n) is 6.04. The smallest absolute Gasteiger partial charge is 0.125 e. The van der Waals surface area contributed by atoms with E-state index in [1.807, 2.05) is 6.92 Å². The minimum atomic E-state index is -0.482. The van der Waals surface area contributed by atoms with Crippen molar-refractivity contribution in [2.45, 2.75) is 39.8 Å². The van der Waals surface area contributed by atoms with Crippen LogP contribution < -0.4 is 4.74 Å². The van der Waals surface area contributed by atoms with Gasteiger partial charge in [-0.05, 0) is 44.4 Å². The molecule has 2 atom stereocenters. The van der Waals surface area contributed by atoms with E-state index in [4.69, 9.17) is 9.47 Å². The largest absolute Gasteiger partial charge is 0.490 e. The van der Waals surface area contributed by atoms with E-state index in [1.54, 1.807) is 0 Å². The van der Waals surface area contributed by atoms with Gasteiger partial charge in [-0.2, -0.15) is 0 Å². The highest BCUT2D eigenvalue weighted by atomic mass is 16.5. The zero-order valence-electron chi connectivity index (χ0n) is 13.6. The lowest BCUT2D eigenvalue weighted by molar-refractivity contribution is -0.0266. The third-order valence-corrected chi connectivity index (χ3v) is 4.24. The van der Waals surface area contributed by atoms with Crippen molar-refractivity contribution in [1.29, 1.82) is 0 Å². The first-order valence-corrected chi connectivity index (χ1v) is 7.68. The van der Waals surface area contributed by atoms with Crippen LogP contribution in [0.3, 0.4) is 0 Å². The summed E-state index contributed by atoms with van der Waals surface area (Å²) in [5, 5.41) is 10.2. The first-order chi connectivity index (χ1) is 9.99. The van der Waals surface area contributed by atoms with Gasteiger partial charge in [0.1, 0.15) is 18.5 Å². The highest BCUT2D eigenvalue weighted by Crippen LogP contribution is 2.25. The van der Waals surface area contributed by atoms with Crippen molar-refractivity contribution in [3.8, 4) is 5.75 Å². The van der Waals surface area contributed by atoms with Crippen LogP contribution in [0.2, 0.25) is 0 Å². The summed E-state index contributed by atoms with van der Waals surface area (Å²) >= 11 is 0. The van der Waals surface area contributed by atoms with Gasteiger partial charge in [0.25, 0.3) is 0 Å². The number of rotatable bonds is 5. The molecule has 0 spiro atoms. The maximum absolute atomic E-state index is 10.2. The Morgan fingerprint density at radius 3 is 2.76 bits per heavy atom. The summed E-state index contributed by atoms with van der Waals surface area (Å²) in [5.74, 6) is 0.907. The van der Waals surface area contributed by atoms with Gasteiger partial charge < -0.3 is 14.6 Å². The molecule has 0 amide bonds. The molecule has 1 aromatic carbocycles. The second-order valence-corrected chi connectivity index (χ2v) is 6.04. The molecular formula is C17H27NO3. The average Bonchev–Trinajstić information content (AvgIpc) is 2.45. The number of morpholine rings is 1. The van der Waals surface area contributed by atoms with Gasteiger partial charge in [-0.3, -0.25) is 4.90 Å². The summed E-state index contributed by atoms with van der Waals surface area (Å²) in [6.45, 7) is 11.6. The van der Waals surface area contributed by atoms with E-state index in [0.29, 0.717) is 19.2 Å². The quantitative estimate of drug-likeness (QED) is 0.902. The zero-order chi connectivity index (χ0) is 15.4. The van der Waals surface area contributed by atoms with Gasteiger partial charge in [0.2, 0.25) is 0 Å². The normalized spacial score (nSPS) is 21.3. The van der Waals surface area contributed by atoms with Crippen LogP contribution in [0.4, 0.5) is 0 Å². The summed E-state index contributed by atoms with van der Waals surface area (Å²) in [6.07, 6.45) is -0.482. The Morgan fingerprint density at radius 1 is 1.33 bits per heavy atom. The molecule has 0 radical (unpaired) electrons. The lowest BCUT2D eigenvalue weighted by atomic mass is 10.1. The van der Waals surface area contributed by atoms with Crippen molar-refractivity contribution in [3.63, 3.8) is 0 Å². The van der Waals surface area contributed by atoms with E-state index >= 15 is 0 Å². The maximum atomic E-state index is 10.2. The molecule has 21 heavy (non-hydrogen) atoms. The number of aryl methyl sites for hydroxylation is 2. The monoisotopic (exact) mass is 293 g/mol. The van der Waals surface area contributed by atoms with Crippen LogP contribution in [0.5, 0.6) is 5.75 Å².